The minimum absolute atomic E-state index is 0.179. The maximum atomic E-state index is 12.6. The van der Waals surface area contributed by atoms with E-state index in [1.807, 2.05) is 18.9 Å². The standard InChI is InChI=1S/C15H27NO2/c1-5-18-11(2)10-15(3)12-8-6-7-9-13(12)16(4)14(15)17/h11-13H,5-10H2,1-4H3/t11?,12-,13?,15?/m0/s1. The van der Waals surface area contributed by atoms with Crippen LogP contribution >= 0.6 is 0 Å². The molecule has 3 nitrogen and oxygen atoms in total. The molecule has 3 unspecified atom stereocenters. The summed E-state index contributed by atoms with van der Waals surface area (Å²) in [7, 11) is 1.99. The third-order valence-corrected chi connectivity index (χ3v) is 5.02. The monoisotopic (exact) mass is 253 g/mol. The first kappa shape index (κ1) is 13.9. The number of ether oxygens (including phenoxy) is 1. The fourth-order valence-electron chi connectivity index (χ4n) is 4.21. The van der Waals surface area contributed by atoms with Crippen molar-refractivity contribution < 1.29 is 9.53 Å². The van der Waals surface area contributed by atoms with Crippen LogP contribution in [0.3, 0.4) is 0 Å². The normalized spacial score (nSPS) is 37.8. The Labute approximate surface area is 111 Å². The van der Waals surface area contributed by atoms with E-state index in [4.69, 9.17) is 4.74 Å². The quantitative estimate of drug-likeness (QED) is 0.771. The predicted molar refractivity (Wildman–Crippen MR) is 72.3 cm³/mol. The van der Waals surface area contributed by atoms with Crippen molar-refractivity contribution in [1.82, 2.24) is 4.90 Å². The summed E-state index contributed by atoms with van der Waals surface area (Å²) in [6, 6.07) is 0.477. The van der Waals surface area contributed by atoms with E-state index in [1.54, 1.807) is 0 Å². The maximum Gasteiger partial charge on any atom is 0.228 e. The molecule has 0 radical (unpaired) electrons. The Morgan fingerprint density at radius 2 is 2.11 bits per heavy atom. The molecule has 0 aromatic heterocycles. The lowest BCUT2D eigenvalue weighted by Gasteiger charge is -2.35. The maximum absolute atomic E-state index is 12.6. The molecule has 2 aliphatic rings. The van der Waals surface area contributed by atoms with Crippen molar-refractivity contribution in [3.8, 4) is 0 Å². The Morgan fingerprint density at radius 1 is 1.44 bits per heavy atom. The van der Waals surface area contributed by atoms with Gasteiger partial charge < -0.3 is 9.64 Å². The van der Waals surface area contributed by atoms with Crippen molar-refractivity contribution in [2.45, 2.75) is 65.0 Å². The summed E-state index contributed by atoms with van der Waals surface area (Å²) in [5, 5.41) is 0. The Bertz CT molecular complexity index is 318. The van der Waals surface area contributed by atoms with Crippen LogP contribution in [0.4, 0.5) is 0 Å². The largest absolute Gasteiger partial charge is 0.379 e. The molecule has 0 N–H and O–H groups in total. The first-order chi connectivity index (χ1) is 8.50. The van der Waals surface area contributed by atoms with E-state index in [0.717, 1.165) is 13.0 Å². The fourth-order valence-corrected chi connectivity index (χ4v) is 4.21. The van der Waals surface area contributed by atoms with Crippen molar-refractivity contribution >= 4 is 5.91 Å². The Balaban J connectivity index is 2.16. The zero-order chi connectivity index (χ0) is 13.3. The highest BCUT2D eigenvalue weighted by Gasteiger charge is 2.55. The summed E-state index contributed by atoms with van der Waals surface area (Å²) >= 11 is 0. The van der Waals surface area contributed by atoms with Gasteiger partial charge in [0.1, 0.15) is 0 Å². The number of carbonyl (C=O) groups excluding carboxylic acids is 1. The van der Waals surface area contributed by atoms with E-state index in [2.05, 4.69) is 13.8 Å². The van der Waals surface area contributed by atoms with Crippen molar-refractivity contribution in [3.63, 3.8) is 0 Å². The minimum Gasteiger partial charge on any atom is -0.379 e. The summed E-state index contributed by atoms with van der Waals surface area (Å²) < 4.78 is 5.66. The van der Waals surface area contributed by atoms with Crippen LogP contribution in [0, 0.1) is 11.3 Å². The van der Waals surface area contributed by atoms with Crippen LogP contribution in [0.2, 0.25) is 0 Å². The van der Waals surface area contributed by atoms with Crippen LogP contribution in [-0.2, 0) is 9.53 Å². The molecule has 1 heterocycles. The summed E-state index contributed by atoms with van der Waals surface area (Å²) in [4.78, 5) is 14.6. The van der Waals surface area contributed by atoms with Gasteiger partial charge in [0, 0.05) is 19.7 Å². The number of likely N-dealkylation sites (tertiary alicyclic amines) is 1. The third-order valence-electron chi connectivity index (χ3n) is 5.02. The number of rotatable bonds is 4. The number of amides is 1. The molecule has 1 aliphatic carbocycles. The number of nitrogens with zero attached hydrogens (tertiary/aromatic N) is 1. The number of hydrogen-bond donors (Lipinski definition) is 0. The summed E-state index contributed by atoms with van der Waals surface area (Å²) in [6.45, 7) is 7.01. The summed E-state index contributed by atoms with van der Waals surface area (Å²) in [6.07, 6.45) is 5.99. The third kappa shape index (κ3) is 2.18. The van der Waals surface area contributed by atoms with Gasteiger partial charge in [-0.3, -0.25) is 4.79 Å². The highest BCUT2D eigenvalue weighted by atomic mass is 16.5. The molecule has 0 aromatic carbocycles. The van der Waals surface area contributed by atoms with Gasteiger partial charge in [-0.25, -0.2) is 0 Å². The Kier molecular flexibility index (Phi) is 4.00. The zero-order valence-corrected chi connectivity index (χ0v) is 12.2. The van der Waals surface area contributed by atoms with Gasteiger partial charge in [0.05, 0.1) is 11.5 Å². The molecule has 4 atom stereocenters. The van der Waals surface area contributed by atoms with E-state index in [9.17, 15) is 4.79 Å². The molecule has 1 amide bonds. The first-order valence-electron chi connectivity index (χ1n) is 7.39. The lowest BCUT2D eigenvalue weighted by Crippen LogP contribution is -2.36. The number of carbonyl (C=O) groups is 1. The number of fused-ring (bicyclic) bond motifs is 1. The molecular formula is C15H27NO2. The van der Waals surface area contributed by atoms with Crippen LogP contribution in [0.1, 0.15) is 52.9 Å². The molecule has 1 aliphatic heterocycles. The predicted octanol–water partition coefficient (Wildman–Crippen LogP) is 2.84. The average molecular weight is 253 g/mol. The van der Waals surface area contributed by atoms with E-state index < -0.39 is 0 Å². The van der Waals surface area contributed by atoms with Gasteiger partial charge in [0.25, 0.3) is 0 Å². The van der Waals surface area contributed by atoms with Gasteiger partial charge in [0.15, 0.2) is 0 Å². The van der Waals surface area contributed by atoms with E-state index in [0.29, 0.717) is 17.9 Å². The Morgan fingerprint density at radius 3 is 2.78 bits per heavy atom. The minimum atomic E-state index is -0.200. The molecular weight excluding hydrogens is 226 g/mol. The van der Waals surface area contributed by atoms with Crippen LogP contribution in [0.15, 0.2) is 0 Å². The molecule has 1 saturated carbocycles. The highest BCUT2D eigenvalue weighted by Crippen LogP contribution is 2.50. The molecule has 3 heteroatoms. The van der Waals surface area contributed by atoms with Gasteiger partial charge in [-0.1, -0.05) is 19.8 Å². The SMILES string of the molecule is CCOC(C)CC1(C)C(=O)N(C)C2CCCC[C@@H]21. The van der Waals surface area contributed by atoms with Gasteiger partial charge in [0.2, 0.25) is 5.91 Å². The van der Waals surface area contributed by atoms with Crippen molar-refractivity contribution in [2.24, 2.45) is 11.3 Å². The van der Waals surface area contributed by atoms with Crippen molar-refractivity contribution in [2.75, 3.05) is 13.7 Å². The molecule has 104 valence electrons. The van der Waals surface area contributed by atoms with Crippen LogP contribution in [-0.4, -0.2) is 36.6 Å². The zero-order valence-electron chi connectivity index (χ0n) is 12.2. The topological polar surface area (TPSA) is 29.5 Å². The lowest BCUT2D eigenvalue weighted by molar-refractivity contribution is -0.137. The van der Waals surface area contributed by atoms with Crippen LogP contribution in [0.5, 0.6) is 0 Å². The second-order valence-corrected chi connectivity index (χ2v) is 6.26. The Hall–Kier alpha value is -0.570. The summed E-state index contributed by atoms with van der Waals surface area (Å²) in [5.41, 5.74) is -0.200. The molecule has 0 spiro atoms. The highest BCUT2D eigenvalue weighted by molar-refractivity contribution is 5.85. The molecule has 0 bridgehead atoms. The molecule has 18 heavy (non-hydrogen) atoms. The van der Waals surface area contributed by atoms with E-state index in [1.165, 1.54) is 25.7 Å². The van der Waals surface area contributed by atoms with Crippen molar-refractivity contribution in [1.29, 1.82) is 0 Å². The van der Waals surface area contributed by atoms with Crippen LogP contribution in [0.25, 0.3) is 0 Å². The average Bonchev–Trinajstić information content (AvgIpc) is 2.53. The van der Waals surface area contributed by atoms with Gasteiger partial charge in [-0.2, -0.15) is 0 Å². The van der Waals surface area contributed by atoms with E-state index in [-0.39, 0.29) is 11.5 Å². The van der Waals surface area contributed by atoms with E-state index >= 15 is 0 Å². The molecule has 0 aromatic rings. The second kappa shape index (κ2) is 5.20. The molecule has 1 saturated heterocycles. The van der Waals surface area contributed by atoms with Gasteiger partial charge in [-0.05, 0) is 39.0 Å². The number of hydrogen-bond acceptors (Lipinski definition) is 2. The van der Waals surface area contributed by atoms with Crippen molar-refractivity contribution in [3.05, 3.63) is 0 Å². The second-order valence-electron chi connectivity index (χ2n) is 6.26. The first-order valence-corrected chi connectivity index (χ1v) is 7.39. The lowest BCUT2D eigenvalue weighted by atomic mass is 9.68. The fraction of sp³-hybridized carbons (Fsp3) is 0.933. The smallest absolute Gasteiger partial charge is 0.228 e. The van der Waals surface area contributed by atoms with Crippen LogP contribution < -0.4 is 0 Å². The van der Waals surface area contributed by atoms with Gasteiger partial charge >= 0.3 is 0 Å². The van der Waals surface area contributed by atoms with Gasteiger partial charge in [-0.15, -0.1) is 0 Å². The molecule has 2 rings (SSSR count). The summed E-state index contributed by atoms with van der Waals surface area (Å²) in [5.74, 6) is 0.873. The molecule has 2 fully saturated rings.